The fourth-order valence-corrected chi connectivity index (χ4v) is 2.17. The SMILES string of the molecule is CCNC(CN(C)C)c1c(Br)nnn1C. The summed E-state index contributed by atoms with van der Waals surface area (Å²) in [7, 11) is 6.02. The number of halogens is 1. The Morgan fingerprint density at radius 1 is 1.53 bits per heavy atom. The van der Waals surface area contributed by atoms with Crippen LogP contribution in [0.2, 0.25) is 0 Å². The van der Waals surface area contributed by atoms with Crippen LogP contribution in [0.5, 0.6) is 0 Å². The highest BCUT2D eigenvalue weighted by Gasteiger charge is 2.19. The zero-order valence-corrected chi connectivity index (χ0v) is 11.2. The highest BCUT2D eigenvalue weighted by atomic mass is 79.9. The Morgan fingerprint density at radius 2 is 2.20 bits per heavy atom. The summed E-state index contributed by atoms with van der Waals surface area (Å²) in [5, 5.41) is 11.4. The summed E-state index contributed by atoms with van der Waals surface area (Å²) in [5.74, 6) is 0. The molecule has 1 rings (SSSR count). The predicted molar refractivity (Wildman–Crippen MR) is 63.7 cm³/mol. The first-order valence-electron chi connectivity index (χ1n) is 4.99. The lowest BCUT2D eigenvalue weighted by Crippen LogP contribution is -2.32. The molecule has 0 aliphatic heterocycles. The van der Waals surface area contributed by atoms with Gasteiger partial charge < -0.3 is 10.2 Å². The van der Waals surface area contributed by atoms with E-state index in [2.05, 4.69) is 57.5 Å². The van der Waals surface area contributed by atoms with Crippen LogP contribution in [0, 0.1) is 0 Å². The van der Waals surface area contributed by atoms with Crippen LogP contribution in [0.25, 0.3) is 0 Å². The van der Waals surface area contributed by atoms with Gasteiger partial charge >= 0.3 is 0 Å². The predicted octanol–water partition coefficient (Wildman–Crippen LogP) is 0.790. The monoisotopic (exact) mass is 275 g/mol. The quantitative estimate of drug-likeness (QED) is 0.863. The molecule has 1 aromatic heterocycles. The van der Waals surface area contributed by atoms with Gasteiger partial charge in [-0.25, -0.2) is 4.68 Å². The van der Waals surface area contributed by atoms with E-state index in [9.17, 15) is 0 Å². The second-order valence-corrected chi connectivity index (χ2v) is 4.51. The topological polar surface area (TPSA) is 46.0 Å². The van der Waals surface area contributed by atoms with Crippen LogP contribution < -0.4 is 5.32 Å². The number of rotatable bonds is 5. The summed E-state index contributed by atoms with van der Waals surface area (Å²) in [4.78, 5) is 2.15. The second kappa shape index (κ2) is 5.58. The van der Waals surface area contributed by atoms with Gasteiger partial charge in [0.05, 0.1) is 11.7 Å². The maximum Gasteiger partial charge on any atom is 0.153 e. The minimum atomic E-state index is 0.249. The van der Waals surface area contributed by atoms with Crippen molar-refractivity contribution in [3.63, 3.8) is 0 Å². The molecule has 1 N–H and O–H groups in total. The van der Waals surface area contributed by atoms with Crippen LogP contribution >= 0.6 is 15.9 Å². The molecule has 1 unspecified atom stereocenters. The summed E-state index contributed by atoms with van der Waals surface area (Å²) in [5.41, 5.74) is 1.09. The lowest BCUT2D eigenvalue weighted by Gasteiger charge is -2.21. The Balaban J connectivity index is 2.87. The maximum atomic E-state index is 4.00. The molecule has 1 heterocycles. The molecule has 0 spiro atoms. The standard InChI is InChI=1S/C9H18BrN5/c1-5-11-7(6-14(2)3)8-9(10)12-13-15(8)4/h7,11H,5-6H2,1-4H3. The minimum Gasteiger partial charge on any atom is -0.308 e. The van der Waals surface area contributed by atoms with Gasteiger partial charge in [-0.1, -0.05) is 12.1 Å². The third kappa shape index (κ3) is 3.25. The fourth-order valence-electron chi connectivity index (χ4n) is 1.57. The minimum absolute atomic E-state index is 0.249. The van der Waals surface area contributed by atoms with Gasteiger partial charge in [-0.15, -0.1) is 5.10 Å². The van der Waals surface area contributed by atoms with Crippen LogP contribution in [0.1, 0.15) is 18.7 Å². The Kier molecular flexibility index (Phi) is 4.69. The van der Waals surface area contributed by atoms with E-state index in [0.29, 0.717) is 0 Å². The molecule has 15 heavy (non-hydrogen) atoms. The third-order valence-electron chi connectivity index (χ3n) is 2.15. The number of hydrogen-bond donors (Lipinski definition) is 1. The van der Waals surface area contributed by atoms with E-state index in [0.717, 1.165) is 23.4 Å². The molecular weight excluding hydrogens is 258 g/mol. The summed E-state index contributed by atoms with van der Waals surface area (Å²) < 4.78 is 2.62. The first-order valence-corrected chi connectivity index (χ1v) is 5.78. The molecule has 0 fully saturated rings. The van der Waals surface area contributed by atoms with Crippen molar-refractivity contribution in [2.75, 3.05) is 27.2 Å². The second-order valence-electron chi connectivity index (χ2n) is 3.76. The first-order chi connectivity index (χ1) is 7.06. The summed E-state index contributed by atoms with van der Waals surface area (Å²) in [6, 6.07) is 0.249. The van der Waals surface area contributed by atoms with E-state index in [4.69, 9.17) is 0 Å². The van der Waals surface area contributed by atoms with Crippen LogP contribution in [-0.4, -0.2) is 47.1 Å². The summed E-state index contributed by atoms with van der Waals surface area (Å²) >= 11 is 3.42. The van der Waals surface area contributed by atoms with Crippen molar-refractivity contribution >= 4 is 15.9 Å². The molecule has 0 aliphatic carbocycles. The number of nitrogens with one attached hydrogen (secondary N) is 1. The van der Waals surface area contributed by atoms with Gasteiger partial charge in [0.2, 0.25) is 0 Å². The largest absolute Gasteiger partial charge is 0.308 e. The van der Waals surface area contributed by atoms with Gasteiger partial charge in [0.25, 0.3) is 0 Å². The van der Waals surface area contributed by atoms with Crippen LogP contribution in [0.4, 0.5) is 0 Å². The molecule has 1 aromatic rings. The number of nitrogens with zero attached hydrogens (tertiary/aromatic N) is 4. The van der Waals surface area contributed by atoms with E-state index in [1.54, 1.807) is 4.68 Å². The fraction of sp³-hybridized carbons (Fsp3) is 0.778. The van der Waals surface area contributed by atoms with Gasteiger partial charge in [0, 0.05) is 13.6 Å². The van der Waals surface area contributed by atoms with Crippen molar-refractivity contribution in [3.8, 4) is 0 Å². The Bertz CT molecular complexity index is 290. The van der Waals surface area contributed by atoms with Crippen molar-refractivity contribution in [1.29, 1.82) is 0 Å². The molecule has 6 heteroatoms. The highest BCUT2D eigenvalue weighted by Crippen LogP contribution is 2.20. The average Bonchev–Trinajstić information content (AvgIpc) is 2.45. The molecular formula is C9H18BrN5. The summed E-state index contributed by atoms with van der Waals surface area (Å²) in [6.45, 7) is 3.95. The molecule has 0 aromatic carbocycles. The molecule has 0 saturated carbocycles. The van der Waals surface area contributed by atoms with E-state index < -0.39 is 0 Å². The van der Waals surface area contributed by atoms with Crippen LogP contribution in [0.15, 0.2) is 4.60 Å². The van der Waals surface area contributed by atoms with E-state index >= 15 is 0 Å². The number of hydrogen-bond acceptors (Lipinski definition) is 4. The molecule has 5 nitrogen and oxygen atoms in total. The average molecular weight is 276 g/mol. The zero-order valence-electron chi connectivity index (χ0n) is 9.66. The van der Waals surface area contributed by atoms with E-state index in [1.165, 1.54) is 0 Å². The normalized spacial score (nSPS) is 13.5. The Labute approximate surface area is 99.0 Å². The highest BCUT2D eigenvalue weighted by molar-refractivity contribution is 9.10. The molecule has 0 aliphatic rings. The van der Waals surface area contributed by atoms with Gasteiger partial charge in [-0.2, -0.15) is 0 Å². The number of likely N-dealkylation sites (N-methyl/N-ethyl adjacent to an activating group) is 2. The maximum absolute atomic E-state index is 4.00. The smallest absolute Gasteiger partial charge is 0.153 e. The molecule has 0 bridgehead atoms. The lowest BCUT2D eigenvalue weighted by atomic mass is 10.2. The van der Waals surface area contributed by atoms with E-state index in [1.807, 2.05) is 7.05 Å². The lowest BCUT2D eigenvalue weighted by molar-refractivity contribution is 0.335. The molecule has 0 amide bonds. The molecule has 1 atom stereocenters. The van der Waals surface area contributed by atoms with Gasteiger partial charge in [0.15, 0.2) is 4.60 Å². The van der Waals surface area contributed by atoms with Gasteiger partial charge in [-0.05, 0) is 36.6 Å². The van der Waals surface area contributed by atoms with Crippen molar-refractivity contribution in [1.82, 2.24) is 25.2 Å². The zero-order chi connectivity index (χ0) is 11.4. The first kappa shape index (κ1) is 12.6. The van der Waals surface area contributed by atoms with Crippen molar-refractivity contribution < 1.29 is 0 Å². The molecule has 0 saturated heterocycles. The number of aromatic nitrogens is 3. The van der Waals surface area contributed by atoms with Gasteiger partial charge in [-0.3, -0.25) is 0 Å². The van der Waals surface area contributed by atoms with E-state index in [-0.39, 0.29) is 6.04 Å². The van der Waals surface area contributed by atoms with Crippen LogP contribution in [0.3, 0.4) is 0 Å². The van der Waals surface area contributed by atoms with Gasteiger partial charge in [0.1, 0.15) is 0 Å². The van der Waals surface area contributed by atoms with Crippen molar-refractivity contribution in [3.05, 3.63) is 10.3 Å². The van der Waals surface area contributed by atoms with Crippen LogP contribution in [-0.2, 0) is 7.05 Å². The summed E-state index contributed by atoms with van der Waals surface area (Å²) in [6.07, 6.45) is 0. The molecule has 0 radical (unpaired) electrons. The third-order valence-corrected chi connectivity index (χ3v) is 2.72. The Hall–Kier alpha value is -0.460. The van der Waals surface area contributed by atoms with Crippen molar-refractivity contribution in [2.24, 2.45) is 7.05 Å². The Morgan fingerprint density at radius 3 is 2.60 bits per heavy atom. The number of aryl methyl sites for hydroxylation is 1. The van der Waals surface area contributed by atoms with Crippen molar-refractivity contribution in [2.45, 2.75) is 13.0 Å². The molecule has 86 valence electrons.